The molecule has 0 aliphatic heterocycles. The summed E-state index contributed by atoms with van der Waals surface area (Å²) < 4.78 is 0. The molecule has 0 aromatic heterocycles. The minimum Gasteiger partial charge on any atom is -0.337 e. The molecule has 0 bridgehead atoms. The quantitative estimate of drug-likeness (QED) is 0.736. The van der Waals surface area contributed by atoms with Crippen molar-refractivity contribution in [1.82, 2.24) is 4.90 Å². The number of amides is 2. The first kappa shape index (κ1) is 18.9. The summed E-state index contributed by atoms with van der Waals surface area (Å²) in [6, 6.07) is 25.1. The Morgan fingerprint density at radius 2 is 1.50 bits per heavy atom. The zero-order chi connectivity index (χ0) is 19.9. The van der Waals surface area contributed by atoms with E-state index in [1.54, 1.807) is 60.5 Å². The van der Waals surface area contributed by atoms with Gasteiger partial charge in [0.25, 0.3) is 11.8 Å². The van der Waals surface area contributed by atoms with E-state index < -0.39 is 0 Å². The number of rotatable bonds is 5. The van der Waals surface area contributed by atoms with Crippen LogP contribution in [0.5, 0.6) is 0 Å². The SMILES string of the molecule is CN(Cc1ccccc1)C(=O)c1ccc(C(=O)Nc2ccccc2C#N)cc1. The van der Waals surface area contributed by atoms with E-state index in [-0.39, 0.29) is 11.8 Å². The lowest BCUT2D eigenvalue weighted by Gasteiger charge is -2.17. The van der Waals surface area contributed by atoms with E-state index >= 15 is 0 Å². The van der Waals surface area contributed by atoms with Gasteiger partial charge in [-0.1, -0.05) is 42.5 Å². The fraction of sp³-hybridized carbons (Fsp3) is 0.0870. The molecule has 0 saturated carbocycles. The summed E-state index contributed by atoms with van der Waals surface area (Å²) in [6.45, 7) is 0.507. The lowest BCUT2D eigenvalue weighted by Crippen LogP contribution is -2.26. The molecule has 5 nitrogen and oxygen atoms in total. The van der Waals surface area contributed by atoms with Crippen molar-refractivity contribution in [3.63, 3.8) is 0 Å². The van der Waals surface area contributed by atoms with Crippen molar-refractivity contribution in [1.29, 1.82) is 5.26 Å². The molecule has 3 aromatic carbocycles. The molecular formula is C23H19N3O2. The van der Waals surface area contributed by atoms with Gasteiger partial charge in [0.15, 0.2) is 0 Å². The first-order valence-corrected chi connectivity index (χ1v) is 8.78. The Morgan fingerprint density at radius 1 is 0.893 bits per heavy atom. The molecule has 3 aromatic rings. The van der Waals surface area contributed by atoms with E-state index in [9.17, 15) is 9.59 Å². The van der Waals surface area contributed by atoms with Crippen LogP contribution in [0.15, 0.2) is 78.9 Å². The normalized spacial score (nSPS) is 10.0. The van der Waals surface area contributed by atoms with E-state index in [4.69, 9.17) is 5.26 Å². The largest absolute Gasteiger partial charge is 0.337 e. The number of anilines is 1. The van der Waals surface area contributed by atoms with Gasteiger partial charge in [-0.15, -0.1) is 0 Å². The number of nitrogens with zero attached hydrogens (tertiary/aromatic N) is 2. The Kier molecular flexibility index (Phi) is 5.83. The van der Waals surface area contributed by atoms with Crippen molar-refractivity contribution in [2.24, 2.45) is 0 Å². The zero-order valence-electron chi connectivity index (χ0n) is 15.4. The van der Waals surface area contributed by atoms with Crippen LogP contribution in [0.2, 0.25) is 0 Å². The zero-order valence-corrected chi connectivity index (χ0v) is 15.4. The number of hydrogen-bond acceptors (Lipinski definition) is 3. The molecule has 0 radical (unpaired) electrons. The molecule has 1 N–H and O–H groups in total. The predicted octanol–water partition coefficient (Wildman–Crippen LogP) is 4.08. The molecule has 0 fully saturated rings. The van der Waals surface area contributed by atoms with E-state index in [0.717, 1.165) is 5.56 Å². The molecule has 0 spiro atoms. The first-order chi connectivity index (χ1) is 13.6. The van der Waals surface area contributed by atoms with Crippen LogP contribution in [0.1, 0.15) is 31.8 Å². The molecule has 0 atom stereocenters. The molecule has 0 saturated heterocycles. The minimum absolute atomic E-state index is 0.120. The Morgan fingerprint density at radius 3 is 2.18 bits per heavy atom. The van der Waals surface area contributed by atoms with Crippen LogP contribution in [-0.4, -0.2) is 23.8 Å². The molecule has 0 aliphatic rings. The van der Waals surface area contributed by atoms with E-state index in [2.05, 4.69) is 5.32 Å². The Bertz CT molecular complexity index is 1020. The van der Waals surface area contributed by atoms with Crippen molar-refractivity contribution in [3.05, 3.63) is 101 Å². The van der Waals surface area contributed by atoms with E-state index in [1.807, 2.05) is 36.4 Å². The Labute approximate surface area is 163 Å². The van der Waals surface area contributed by atoms with Gasteiger partial charge < -0.3 is 10.2 Å². The van der Waals surface area contributed by atoms with Crippen molar-refractivity contribution in [2.45, 2.75) is 6.54 Å². The average molecular weight is 369 g/mol. The number of nitriles is 1. The van der Waals surface area contributed by atoms with Gasteiger partial charge in [0.1, 0.15) is 6.07 Å². The summed E-state index contributed by atoms with van der Waals surface area (Å²) in [4.78, 5) is 26.6. The molecule has 5 heteroatoms. The van der Waals surface area contributed by atoms with Crippen LogP contribution in [0.4, 0.5) is 5.69 Å². The highest BCUT2D eigenvalue weighted by molar-refractivity contribution is 6.05. The predicted molar refractivity (Wildman–Crippen MR) is 108 cm³/mol. The van der Waals surface area contributed by atoms with Gasteiger partial charge in [0, 0.05) is 24.7 Å². The molecule has 2 amide bonds. The number of carbonyl (C=O) groups is 2. The van der Waals surface area contributed by atoms with Gasteiger partial charge >= 0.3 is 0 Å². The fourth-order valence-corrected chi connectivity index (χ4v) is 2.80. The number of para-hydroxylation sites is 1. The molecule has 0 aliphatic carbocycles. The molecular weight excluding hydrogens is 350 g/mol. The van der Waals surface area contributed by atoms with Crippen molar-refractivity contribution in [3.8, 4) is 6.07 Å². The highest BCUT2D eigenvalue weighted by atomic mass is 16.2. The third kappa shape index (κ3) is 4.43. The summed E-state index contributed by atoms with van der Waals surface area (Å²) in [6.07, 6.45) is 0. The standard InChI is InChI=1S/C23H19N3O2/c1-26(16-17-7-3-2-4-8-17)23(28)19-13-11-18(12-14-19)22(27)25-21-10-6-5-9-20(21)15-24/h2-14H,16H2,1H3,(H,25,27). The smallest absolute Gasteiger partial charge is 0.255 e. The molecule has 28 heavy (non-hydrogen) atoms. The highest BCUT2D eigenvalue weighted by Gasteiger charge is 2.14. The lowest BCUT2D eigenvalue weighted by molar-refractivity contribution is 0.0784. The second-order valence-corrected chi connectivity index (χ2v) is 6.34. The van der Waals surface area contributed by atoms with Gasteiger partial charge in [0.05, 0.1) is 11.3 Å². The van der Waals surface area contributed by atoms with Crippen LogP contribution < -0.4 is 5.32 Å². The van der Waals surface area contributed by atoms with Crippen molar-refractivity contribution < 1.29 is 9.59 Å². The summed E-state index contributed by atoms with van der Waals surface area (Å²) >= 11 is 0. The van der Waals surface area contributed by atoms with Crippen LogP contribution >= 0.6 is 0 Å². The molecule has 138 valence electrons. The van der Waals surface area contributed by atoms with E-state index in [0.29, 0.717) is 28.9 Å². The summed E-state index contributed by atoms with van der Waals surface area (Å²) in [5.41, 5.74) is 2.82. The van der Waals surface area contributed by atoms with Gasteiger partial charge in [-0.05, 0) is 42.0 Å². The summed E-state index contributed by atoms with van der Waals surface area (Å²) in [7, 11) is 1.74. The van der Waals surface area contributed by atoms with Gasteiger partial charge in [-0.25, -0.2) is 0 Å². The van der Waals surface area contributed by atoms with Gasteiger partial charge in [-0.3, -0.25) is 9.59 Å². The van der Waals surface area contributed by atoms with Crippen LogP contribution in [0, 0.1) is 11.3 Å². The number of nitrogens with one attached hydrogen (secondary N) is 1. The lowest BCUT2D eigenvalue weighted by atomic mass is 10.1. The van der Waals surface area contributed by atoms with Crippen LogP contribution in [-0.2, 0) is 6.54 Å². The van der Waals surface area contributed by atoms with Crippen molar-refractivity contribution in [2.75, 3.05) is 12.4 Å². The van der Waals surface area contributed by atoms with E-state index in [1.165, 1.54) is 0 Å². The second-order valence-electron chi connectivity index (χ2n) is 6.34. The molecule has 3 rings (SSSR count). The average Bonchev–Trinajstić information content (AvgIpc) is 2.74. The Hall–Kier alpha value is -3.91. The topological polar surface area (TPSA) is 73.2 Å². The highest BCUT2D eigenvalue weighted by Crippen LogP contribution is 2.16. The number of hydrogen-bond donors (Lipinski definition) is 1. The Balaban J connectivity index is 1.68. The number of benzene rings is 3. The minimum atomic E-state index is -0.334. The monoisotopic (exact) mass is 369 g/mol. The third-order valence-corrected chi connectivity index (χ3v) is 4.30. The van der Waals surface area contributed by atoms with Crippen LogP contribution in [0.3, 0.4) is 0 Å². The summed E-state index contributed by atoms with van der Waals surface area (Å²) in [5.74, 6) is -0.454. The maximum atomic E-state index is 12.6. The second kappa shape index (κ2) is 8.65. The summed E-state index contributed by atoms with van der Waals surface area (Å²) in [5, 5.41) is 11.8. The fourth-order valence-electron chi connectivity index (χ4n) is 2.80. The first-order valence-electron chi connectivity index (χ1n) is 8.78. The van der Waals surface area contributed by atoms with Gasteiger partial charge in [0.2, 0.25) is 0 Å². The van der Waals surface area contributed by atoms with Crippen LogP contribution in [0.25, 0.3) is 0 Å². The number of carbonyl (C=O) groups excluding carboxylic acids is 2. The third-order valence-electron chi connectivity index (χ3n) is 4.30. The maximum Gasteiger partial charge on any atom is 0.255 e. The molecule has 0 heterocycles. The van der Waals surface area contributed by atoms with Crippen molar-refractivity contribution >= 4 is 17.5 Å². The maximum absolute atomic E-state index is 12.6. The van der Waals surface area contributed by atoms with Gasteiger partial charge in [-0.2, -0.15) is 5.26 Å². The molecule has 0 unspecified atom stereocenters.